The molecular formula is C25H21BrN4OS. The third kappa shape index (κ3) is 3.67. The predicted molar refractivity (Wildman–Crippen MR) is 134 cm³/mol. The van der Waals surface area contributed by atoms with Crippen LogP contribution in [-0.4, -0.2) is 21.8 Å². The fourth-order valence-corrected chi connectivity index (χ4v) is 4.97. The summed E-state index contributed by atoms with van der Waals surface area (Å²) in [6.07, 6.45) is 3.89. The van der Waals surface area contributed by atoms with Crippen LogP contribution in [-0.2, 0) is 0 Å². The van der Waals surface area contributed by atoms with Crippen molar-refractivity contribution in [3.8, 4) is 11.4 Å². The van der Waals surface area contributed by atoms with Crippen LogP contribution in [0.15, 0.2) is 95.7 Å². The molecule has 1 saturated heterocycles. The summed E-state index contributed by atoms with van der Waals surface area (Å²) in [6, 6.07) is 26.1. The van der Waals surface area contributed by atoms with E-state index in [0.29, 0.717) is 5.11 Å². The number of methoxy groups -OCH3 is 1. The van der Waals surface area contributed by atoms with Gasteiger partial charge in [-0.2, -0.15) is 0 Å². The average Bonchev–Trinajstić information content (AvgIpc) is 3.44. The van der Waals surface area contributed by atoms with Crippen molar-refractivity contribution >= 4 is 38.9 Å². The summed E-state index contributed by atoms with van der Waals surface area (Å²) in [5.74, 6) is 0.767. The molecule has 0 amide bonds. The van der Waals surface area contributed by atoms with E-state index in [4.69, 9.17) is 17.0 Å². The van der Waals surface area contributed by atoms with E-state index in [1.807, 2.05) is 60.8 Å². The van der Waals surface area contributed by atoms with Gasteiger partial charge in [-0.05, 0) is 66.8 Å². The minimum atomic E-state index is -0.136. The van der Waals surface area contributed by atoms with Crippen molar-refractivity contribution < 1.29 is 4.74 Å². The maximum absolute atomic E-state index is 5.85. The number of rotatable bonds is 5. The van der Waals surface area contributed by atoms with Crippen LogP contribution >= 0.6 is 28.1 Å². The zero-order valence-corrected chi connectivity index (χ0v) is 19.8. The van der Waals surface area contributed by atoms with Crippen LogP contribution in [0, 0.1) is 0 Å². The minimum Gasteiger partial charge on any atom is -0.495 e. The van der Waals surface area contributed by atoms with Crippen molar-refractivity contribution in [3.05, 3.63) is 107 Å². The number of ether oxygens (including phenoxy) is 1. The molecule has 32 heavy (non-hydrogen) atoms. The second kappa shape index (κ2) is 8.76. The fraction of sp³-hybridized carbons (Fsp3) is 0.120. The maximum atomic E-state index is 5.85. The molecule has 4 aromatic rings. The van der Waals surface area contributed by atoms with Gasteiger partial charge in [-0.15, -0.1) is 0 Å². The van der Waals surface area contributed by atoms with Crippen molar-refractivity contribution in [1.82, 2.24) is 14.9 Å². The molecular weight excluding hydrogens is 484 g/mol. The predicted octanol–water partition coefficient (Wildman–Crippen LogP) is 5.82. The second-order valence-corrected chi connectivity index (χ2v) is 8.75. The van der Waals surface area contributed by atoms with E-state index in [2.05, 4.69) is 66.2 Å². The summed E-state index contributed by atoms with van der Waals surface area (Å²) in [7, 11) is 1.68. The zero-order valence-electron chi connectivity index (χ0n) is 17.4. The first-order chi connectivity index (χ1) is 15.7. The molecule has 3 heterocycles. The quantitative estimate of drug-likeness (QED) is 0.346. The monoisotopic (exact) mass is 504 g/mol. The number of hydrogen-bond donors (Lipinski definition) is 1. The Morgan fingerprint density at radius 2 is 1.84 bits per heavy atom. The number of anilines is 1. The minimum absolute atomic E-state index is 0.130. The molecule has 0 bridgehead atoms. The third-order valence-electron chi connectivity index (χ3n) is 5.61. The Hall–Kier alpha value is -3.16. The van der Waals surface area contributed by atoms with Crippen LogP contribution in [0.3, 0.4) is 0 Å². The van der Waals surface area contributed by atoms with Crippen molar-refractivity contribution in [2.75, 3.05) is 12.0 Å². The molecule has 2 aromatic carbocycles. The summed E-state index contributed by atoms with van der Waals surface area (Å²) in [5.41, 5.74) is 4.01. The van der Waals surface area contributed by atoms with Crippen LogP contribution in [0.25, 0.3) is 5.69 Å². The van der Waals surface area contributed by atoms with Gasteiger partial charge >= 0.3 is 0 Å². The molecule has 0 unspecified atom stereocenters. The van der Waals surface area contributed by atoms with Gasteiger partial charge in [0, 0.05) is 28.2 Å². The van der Waals surface area contributed by atoms with E-state index >= 15 is 0 Å². The van der Waals surface area contributed by atoms with E-state index in [1.54, 1.807) is 7.11 Å². The maximum Gasteiger partial charge on any atom is 0.174 e. The molecule has 0 radical (unpaired) electrons. The lowest BCUT2D eigenvalue weighted by Crippen LogP contribution is -2.30. The SMILES string of the molecule is COc1ccccc1N1C(=S)N[C@H](c2ccccn2)[C@H]1c1cccn1-c1cccc(Br)c1. The average molecular weight is 505 g/mol. The highest BCUT2D eigenvalue weighted by atomic mass is 79.9. The van der Waals surface area contributed by atoms with E-state index in [-0.39, 0.29) is 12.1 Å². The van der Waals surface area contributed by atoms with Gasteiger partial charge in [-0.1, -0.05) is 40.2 Å². The van der Waals surface area contributed by atoms with Crippen LogP contribution in [0.2, 0.25) is 0 Å². The molecule has 160 valence electrons. The second-order valence-electron chi connectivity index (χ2n) is 7.45. The first-order valence-electron chi connectivity index (χ1n) is 10.2. The summed E-state index contributed by atoms with van der Waals surface area (Å²) in [6.45, 7) is 0. The molecule has 5 rings (SSSR count). The van der Waals surface area contributed by atoms with Crippen molar-refractivity contribution in [2.45, 2.75) is 12.1 Å². The zero-order chi connectivity index (χ0) is 22.1. The van der Waals surface area contributed by atoms with Crippen molar-refractivity contribution in [2.24, 2.45) is 0 Å². The number of hydrogen-bond acceptors (Lipinski definition) is 3. The topological polar surface area (TPSA) is 42.3 Å². The number of halogens is 1. The highest BCUT2D eigenvalue weighted by molar-refractivity contribution is 9.10. The number of aromatic nitrogens is 2. The van der Waals surface area contributed by atoms with Gasteiger partial charge in [0.25, 0.3) is 0 Å². The largest absolute Gasteiger partial charge is 0.495 e. The Labute approximate surface area is 200 Å². The van der Waals surface area contributed by atoms with Gasteiger partial charge in [-0.25, -0.2) is 0 Å². The summed E-state index contributed by atoms with van der Waals surface area (Å²) in [5, 5.41) is 4.15. The highest BCUT2D eigenvalue weighted by Crippen LogP contribution is 2.44. The molecule has 2 aromatic heterocycles. The summed E-state index contributed by atoms with van der Waals surface area (Å²) in [4.78, 5) is 6.78. The van der Waals surface area contributed by atoms with E-state index in [1.165, 1.54) is 0 Å². The number of benzene rings is 2. The smallest absolute Gasteiger partial charge is 0.174 e. The Balaban J connectivity index is 1.70. The van der Waals surface area contributed by atoms with Gasteiger partial charge in [-0.3, -0.25) is 4.98 Å². The van der Waals surface area contributed by atoms with E-state index in [9.17, 15) is 0 Å². The molecule has 0 spiro atoms. The molecule has 0 saturated carbocycles. The molecule has 2 atom stereocenters. The van der Waals surface area contributed by atoms with Gasteiger partial charge in [0.1, 0.15) is 11.8 Å². The molecule has 1 N–H and O–H groups in total. The van der Waals surface area contributed by atoms with Gasteiger partial charge in [0.15, 0.2) is 5.11 Å². The van der Waals surface area contributed by atoms with Gasteiger partial charge in [0.2, 0.25) is 0 Å². The number of pyridine rings is 1. The van der Waals surface area contributed by atoms with Gasteiger partial charge < -0.3 is 19.5 Å². The first-order valence-corrected chi connectivity index (χ1v) is 11.4. The van der Waals surface area contributed by atoms with E-state index < -0.39 is 0 Å². The summed E-state index contributed by atoms with van der Waals surface area (Å²) >= 11 is 9.45. The van der Waals surface area contributed by atoms with Crippen molar-refractivity contribution in [1.29, 1.82) is 0 Å². The normalized spacial score (nSPS) is 17.9. The van der Waals surface area contributed by atoms with Crippen molar-refractivity contribution in [3.63, 3.8) is 0 Å². The Morgan fingerprint density at radius 1 is 1.00 bits per heavy atom. The Bertz CT molecular complexity index is 1260. The molecule has 1 aliphatic heterocycles. The molecule has 0 aliphatic carbocycles. The van der Waals surface area contributed by atoms with Crippen LogP contribution in [0.4, 0.5) is 5.69 Å². The lowest BCUT2D eigenvalue weighted by atomic mass is 10.0. The lowest BCUT2D eigenvalue weighted by molar-refractivity contribution is 0.414. The molecule has 5 nitrogen and oxygen atoms in total. The third-order valence-corrected chi connectivity index (χ3v) is 6.42. The Morgan fingerprint density at radius 3 is 2.62 bits per heavy atom. The fourth-order valence-electron chi connectivity index (χ4n) is 4.24. The van der Waals surface area contributed by atoms with Crippen LogP contribution in [0.5, 0.6) is 5.75 Å². The summed E-state index contributed by atoms with van der Waals surface area (Å²) < 4.78 is 8.91. The Kier molecular flexibility index (Phi) is 5.68. The first kappa shape index (κ1) is 20.7. The lowest BCUT2D eigenvalue weighted by Gasteiger charge is -2.30. The number of nitrogens with one attached hydrogen (secondary N) is 1. The molecule has 7 heteroatoms. The molecule has 1 aliphatic rings. The molecule has 1 fully saturated rings. The van der Waals surface area contributed by atoms with E-state index in [0.717, 1.165) is 33.0 Å². The number of thiocarbonyl (C=S) groups is 1. The van der Waals surface area contributed by atoms with Crippen LogP contribution in [0.1, 0.15) is 23.5 Å². The van der Waals surface area contributed by atoms with Gasteiger partial charge in [0.05, 0.1) is 24.5 Å². The highest BCUT2D eigenvalue weighted by Gasteiger charge is 2.43. The van der Waals surface area contributed by atoms with Crippen LogP contribution < -0.4 is 15.0 Å². The standard InChI is InChI=1S/C25H21BrN4OS/c1-31-22-13-3-2-11-20(22)30-24(23(28-25(30)32)19-10-4-5-14-27-19)21-12-7-15-29(21)18-9-6-8-17(26)16-18/h2-16,23-24H,1H3,(H,28,32)/t23-,24-/m1/s1. The number of nitrogens with zero attached hydrogens (tertiary/aromatic N) is 3. The number of para-hydroxylation sites is 2.